The zero-order valence-corrected chi connectivity index (χ0v) is 24.0. The quantitative estimate of drug-likeness (QED) is 0.114. The summed E-state index contributed by atoms with van der Waals surface area (Å²) in [6, 6.07) is 0. The van der Waals surface area contributed by atoms with Gasteiger partial charge in [0.15, 0.2) is 0 Å². The Hall–Kier alpha value is -0.660. The minimum Gasteiger partial charge on any atom is -0.356 e. The summed E-state index contributed by atoms with van der Waals surface area (Å²) < 4.78 is 0. The molecule has 0 saturated heterocycles. The van der Waals surface area contributed by atoms with E-state index in [0.717, 1.165) is 0 Å². The number of nitrogens with zero attached hydrogens (tertiary/aromatic N) is 2. The third-order valence-corrected chi connectivity index (χ3v) is 7.95. The minimum absolute atomic E-state index is 0.570. The van der Waals surface area contributed by atoms with Crippen LogP contribution >= 0.6 is 0 Å². The van der Waals surface area contributed by atoms with Gasteiger partial charge in [0.1, 0.15) is 0 Å². The Bertz CT molecular complexity index is 433. The van der Waals surface area contributed by atoms with Crippen molar-refractivity contribution in [2.75, 3.05) is 13.1 Å². The van der Waals surface area contributed by atoms with Crippen LogP contribution in [-0.2, 0) is 0 Å². The van der Waals surface area contributed by atoms with E-state index in [2.05, 4.69) is 43.0 Å². The highest BCUT2D eigenvalue weighted by atomic mass is 15.4. The Morgan fingerprint density at radius 3 is 0.882 bits per heavy atom. The fraction of sp³-hybridized carbons (Fsp3) is 0.938. The van der Waals surface area contributed by atoms with Gasteiger partial charge in [-0.05, 0) is 19.8 Å². The molecule has 1 atom stereocenters. The summed E-state index contributed by atoms with van der Waals surface area (Å²) in [5.41, 5.74) is 0. The monoisotopic (exact) mass is 477 g/mol. The highest BCUT2D eigenvalue weighted by Gasteiger charge is 2.20. The number of unbranched alkanes of at least 4 members (excludes halogenated alkanes) is 22. The van der Waals surface area contributed by atoms with Gasteiger partial charge in [-0.2, -0.15) is 0 Å². The number of hydrogen-bond donors (Lipinski definition) is 0. The molecule has 0 fully saturated rings. The van der Waals surface area contributed by atoms with Gasteiger partial charge >= 0.3 is 0 Å². The number of rotatable bonds is 26. The van der Waals surface area contributed by atoms with E-state index in [0.29, 0.717) is 6.17 Å². The predicted molar refractivity (Wildman–Crippen MR) is 154 cm³/mol. The molecule has 0 amide bonds. The average Bonchev–Trinajstić information content (AvgIpc) is 3.19. The van der Waals surface area contributed by atoms with E-state index in [4.69, 9.17) is 0 Å². The molecular formula is C32H64N2. The third-order valence-electron chi connectivity index (χ3n) is 7.95. The molecule has 0 radical (unpaired) electrons. The lowest BCUT2D eigenvalue weighted by molar-refractivity contribution is 0.165. The maximum atomic E-state index is 2.57. The van der Waals surface area contributed by atoms with E-state index in [9.17, 15) is 0 Å². The molecule has 0 N–H and O–H groups in total. The molecule has 1 rings (SSSR count). The van der Waals surface area contributed by atoms with Gasteiger partial charge in [0.05, 0.1) is 6.17 Å². The van der Waals surface area contributed by atoms with Crippen molar-refractivity contribution in [3.8, 4) is 0 Å². The fourth-order valence-electron chi connectivity index (χ4n) is 5.40. The Kier molecular flexibility index (Phi) is 22.2. The van der Waals surface area contributed by atoms with Crippen LogP contribution in [0.4, 0.5) is 0 Å². The normalized spacial score (nSPS) is 15.7. The Labute approximate surface area is 216 Å². The third kappa shape index (κ3) is 17.7. The molecule has 0 bridgehead atoms. The average molecular weight is 477 g/mol. The summed E-state index contributed by atoms with van der Waals surface area (Å²) in [5.74, 6) is 0. The maximum Gasteiger partial charge on any atom is 0.0977 e. The van der Waals surface area contributed by atoms with E-state index in [1.807, 2.05) is 0 Å². The van der Waals surface area contributed by atoms with Crippen LogP contribution in [0.2, 0.25) is 0 Å². The first-order valence-corrected chi connectivity index (χ1v) is 16.0. The predicted octanol–water partition coefficient (Wildman–Crippen LogP) is 10.8. The van der Waals surface area contributed by atoms with Crippen molar-refractivity contribution < 1.29 is 0 Å². The van der Waals surface area contributed by atoms with Gasteiger partial charge < -0.3 is 9.80 Å². The van der Waals surface area contributed by atoms with Crippen molar-refractivity contribution in [3.05, 3.63) is 12.4 Å². The molecule has 0 aromatic rings. The molecule has 1 heterocycles. The molecule has 2 heteroatoms. The van der Waals surface area contributed by atoms with E-state index < -0.39 is 0 Å². The lowest BCUT2D eigenvalue weighted by Crippen LogP contribution is -2.36. The first-order chi connectivity index (χ1) is 16.8. The van der Waals surface area contributed by atoms with Crippen LogP contribution in [0.5, 0.6) is 0 Å². The van der Waals surface area contributed by atoms with Crippen molar-refractivity contribution in [2.24, 2.45) is 0 Å². The molecule has 1 aliphatic heterocycles. The first kappa shape index (κ1) is 31.4. The van der Waals surface area contributed by atoms with Crippen molar-refractivity contribution in [2.45, 2.75) is 181 Å². The summed E-state index contributed by atoms with van der Waals surface area (Å²) in [6.07, 6.45) is 39.7. The van der Waals surface area contributed by atoms with E-state index in [-0.39, 0.29) is 0 Å². The van der Waals surface area contributed by atoms with Gasteiger partial charge in [-0.3, -0.25) is 0 Å². The molecular weight excluding hydrogens is 412 g/mol. The summed E-state index contributed by atoms with van der Waals surface area (Å²) in [7, 11) is 0. The topological polar surface area (TPSA) is 6.48 Å². The molecule has 1 aliphatic rings. The molecule has 0 aromatic carbocycles. The highest BCUT2D eigenvalue weighted by molar-refractivity contribution is 4.95. The van der Waals surface area contributed by atoms with Crippen LogP contribution in [0.3, 0.4) is 0 Å². The first-order valence-electron chi connectivity index (χ1n) is 16.0. The zero-order chi connectivity index (χ0) is 24.5. The van der Waals surface area contributed by atoms with Crippen LogP contribution in [-0.4, -0.2) is 29.1 Å². The molecule has 0 aliphatic carbocycles. The maximum absolute atomic E-state index is 2.57. The van der Waals surface area contributed by atoms with E-state index >= 15 is 0 Å². The molecule has 2 nitrogen and oxygen atoms in total. The second-order valence-electron chi connectivity index (χ2n) is 11.2. The van der Waals surface area contributed by atoms with E-state index in [1.54, 1.807) is 0 Å². The SMILES string of the molecule is CCCCCCCCCCCCCCCCN1C=CN(CCCCCCCCCCCC)C1C. The highest BCUT2D eigenvalue weighted by Crippen LogP contribution is 2.19. The van der Waals surface area contributed by atoms with E-state index in [1.165, 1.54) is 167 Å². The van der Waals surface area contributed by atoms with Gasteiger partial charge in [0.25, 0.3) is 0 Å². The molecule has 0 spiro atoms. The van der Waals surface area contributed by atoms with Gasteiger partial charge in [0.2, 0.25) is 0 Å². The molecule has 34 heavy (non-hydrogen) atoms. The Morgan fingerprint density at radius 1 is 0.382 bits per heavy atom. The fourth-order valence-corrected chi connectivity index (χ4v) is 5.40. The summed E-state index contributed by atoms with van der Waals surface area (Å²) >= 11 is 0. The summed E-state index contributed by atoms with van der Waals surface area (Å²) in [5, 5.41) is 0. The summed E-state index contributed by atoms with van der Waals surface area (Å²) in [6.45, 7) is 9.47. The lowest BCUT2D eigenvalue weighted by atomic mass is 10.0. The van der Waals surface area contributed by atoms with Gasteiger partial charge in [-0.15, -0.1) is 0 Å². The van der Waals surface area contributed by atoms with Gasteiger partial charge in [-0.25, -0.2) is 0 Å². The van der Waals surface area contributed by atoms with Crippen LogP contribution in [0.1, 0.15) is 175 Å². The van der Waals surface area contributed by atoms with Crippen LogP contribution in [0.15, 0.2) is 12.4 Å². The largest absolute Gasteiger partial charge is 0.356 e. The summed E-state index contributed by atoms with van der Waals surface area (Å²) in [4.78, 5) is 5.13. The van der Waals surface area contributed by atoms with Crippen LogP contribution in [0, 0.1) is 0 Å². The molecule has 202 valence electrons. The second kappa shape index (κ2) is 24.1. The smallest absolute Gasteiger partial charge is 0.0977 e. The Balaban J connectivity index is 1.85. The van der Waals surface area contributed by atoms with Crippen LogP contribution in [0.25, 0.3) is 0 Å². The van der Waals surface area contributed by atoms with Gasteiger partial charge in [-0.1, -0.05) is 155 Å². The van der Waals surface area contributed by atoms with Crippen molar-refractivity contribution in [3.63, 3.8) is 0 Å². The standard InChI is InChI=1S/C32H64N2/c1-4-6-8-10-12-14-16-17-18-19-21-23-25-27-29-34-31-30-33(32(34)3)28-26-24-22-20-15-13-11-9-7-5-2/h30-32H,4-29H2,1-3H3. The Morgan fingerprint density at radius 2 is 0.618 bits per heavy atom. The lowest BCUT2D eigenvalue weighted by Gasteiger charge is -2.30. The van der Waals surface area contributed by atoms with Crippen molar-refractivity contribution >= 4 is 0 Å². The molecule has 1 unspecified atom stereocenters. The van der Waals surface area contributed by atoms with Crippen LogP contribution < -0.4 is 0 Å². The molecule has 0 aromatic heterocycles. The second-order valence-corrected chi connectivity index (χ2v) is 11.2. The number of hydrogen-bond acceptors (Lipinski definition) is 2. The van der Waals surface area contributed by atoms with Crippen molar-refractivity contribution in [1.29, 1.82) is 0 Å². The van der Waals surface area contributed by atoms with Crippen molar-refractivity contribution in [1.82, 2.24) is 9.80 Å². The zero-order valence-electron chi connectivity index (χ0n) is 24.0. The molecule has 0 saturated carbocycles. The van der Waals surface area contributed by atoms with Gasteiger partial charge in [0, 0.05) is 25.5 Å². The minimum atomic E-state index is 0.570.